The Bertz CT molecular complexity index is 798. The number of hydrogen-bond acceptors (Lipinski definition) is 5. The lowest BCUT2D eigenvalue weighted by atomic mass is 10.1. The van der Waals surface area contributed by atoms with Crippen LogP contribution in [0.5, 0.6) is 0 Å². The lowest BCUT2D eigenvalue weighted by Gasteiger charge is -2.22. The molecule has 1 aliphatic heterocycles. The summed E-state index contributed by atoms with van der Waals surface area (Å²) in [5.41, 5.74) is 8.03. The van der Waals surface area contributed by atoms with E-state index >= 15 is 0 Å². The second-order valence-corrected chi connectivity index (χ2v) is 7.43. The van der Waals surface area contributed by atoms with Crippen LogP contribution in [0.2, 0.25) is 0 Å². The summed E-state index contributed by atoms with van der Waals surface area (Å²) in [6, 6.07) is 0.0482. The summed E-state index contributed by atoms with van der Waals surface area (Å²) < 4.78 is 15.3. The molecular formula is C15H17IN4O2. The van der Waals surface area contributed by atoms with Crippen molar-refractivity contribution in [2.24, 2.45) is 0 Å². The summed E-state index contributed by atoms with van der Waals surface area (Å²) in [7, 11) is 0. The monoisotopic (exact) mass is 412 g/mol. The minimum Gasteiger partial charge on any atom is -0.383 e. The third-order valence-corrected chi connectivity index (χ3v) is 5.08. The number of rotatable bonds is 1. The Kier molecular flexibility index (Phi) is 3.05. The number of fused-ring (bicyclic) bond motifs is 2. The van der Waals surface area contributed by atoms with E-state index in [0.29, 0.717) is 5.82 Å². The van der Waals surface area contributed by atoms with Crippen LogP contribution in [0.3, 0.4) is 0 Å². The Balaban J connectivity index is 1.85. The predicted octanol–water partition coefficient (Wildman–Crippen LogP) is 2.64. The molecule has 0 spiro atoms. The number of halogens is 1. The zero-order valence-electron chi connectivity index (χ0n) is 12.6. The molecule has 1 aliphatic carbocycles. The number of nitrogens with two attached hydrogens (primary N) is 1. The third kappa shape index (κ3) is 1.99. The first kappa shape index (κ1) is 14.4. The van der Waals surface area contributed by atoms with Gasteiger partial charge >= 0.3 is 0 Å². The number of hydrogen-bond donors (Lipinski definition) is 1. The van der Waals surface area contributed by atoms with Gasteiger partial charge in [0.15, 0.2) is 5.79 Å². The Morgan fingerprint density at radius 2 is 2.09 bits per heavy atom. The van der Waals surface area contributed by atoms with Crippen molar-refractivity contribution in [1.82, 2.24) is 14.5 Å². The molecule has 0 bridgehead atoms. The average Bonchev–Trinajstić information content (AvgIpc) is 3.02. The van der Waals surface area contributed by atoms with Gasteiger partial charge in [0.2, 0.25) is 0 Å². The van der Waals surface area contributed by atoms with E-state index in [-0.39, 0.29) is 18.2 Å². The number of ether oxygens (including phenoxy) is 2. The topological polar surface area (TPSA) is 75.2 Å². The van der Waals surface area contributed by atoms with Crippen molar-refractivity contribution in [3.05, 3.63) is 27.7 Å². The number of anilines is 1. The minimum atomic E-state index is -0.562. The quantitative estimate of drug-likeness (QED) is 0.576. The molecule has 3 heterocycles. The maximum Gasteiger partial charge on any atom is 0.164 e. The highest BCUT2D eigenvalue weighted by atomic mass is 127. The largest absolute Gasteiger partial charge is 0.383 e. The first-order valence-electron chi connectivity index (χ1n) is 7.18. The van der Waals surface area contributed by atoms with Gasteiger partial charge in [-0.05, 0) is 48.9 Å². The zero-order chi connectivity index (χ0) is 15.6. The van der Waals surface area contributed by atoms with E-state index in [1.165, 1.54) is 11.9 Å². The van der Waals surface area contributed by atoms with Crippen molar-refractivity contribution in [2.75, 3.05) is 5.73 Å². The van der Waals surface area contributed by atoms with Gasteiger partial charge in [-0.15, -0.1) is 0 Å². The molecule has 2 aromatic heterocycles. The maximum atomic E-state index is 6.13. The molecule has 3 atom stereocenters. The first-order valence-corrected chi connectivity index (χ1v) is 8.26. The van der Waals surface area contributed by atoms with Gasteiger partial charge in [0.25, 0.3) is 0 Å². The van der Waals surface area contributed by atoms with Crippen molar-refractivity contribution in [1.29, 1.82) is 0 Å². The summed E-state index contributed by atoms with van der Waals surface area (Å²) in [5, 5.41) is 0.899. The smallest absolute Gasteiger partial charge is 0.164 e. The van der Waals surface area contributed by atoms with Crippen LogP contribution < -0.4 is 5.73 Å². The fourth-order valence-corrected chi connectivity index (χ4v) is 4.20. The van der Waals surface area contributed by atoms with Gasteiger partial charge in [-0.1, -0.05) is 6.08 Å². The highest BCUT2D eigenvalue weighted by Crippen LogP contribution is 2.44. The molecule has 0 radical (unpaired) electrons. The Labute approximate surface area is 141 Å². The van der Waals surface area contributed by atoms with Crippen LogP contribution in [-0.2, 0) is 9.47 Å². The lowest BCUT2D eigenvalue weighted by Crippen LogP contribution is -2.27. The summed E-state index contributed by atoms with van der Waals surface area (Å²) in [6.45, 7) is 5.99. The van der Waals surface area contributed by atoms with Crippen LogP contribution in [-0.4, -0.2) is 32.5 Å². The first-order chi connectivity index (χ1) is 10.4. The van der Waals surface area contributed by atoms with E-state index in [2.05, 4.69) is 56.3 Å². The zero-order valence-corrected chi connectivity index (χ0v) is 14.7. The van der Waals surface area contributed by atoms with Gasteiger partial charge in [-0.3, -0.25) is 0 Å². The van der Waals surface area contributed by atoms with E-state index in [1.807, 2.05) is 13.8 Å². The second-order valence-electron chi connectivity index (χ2n) is 6.26. The SMILES string of the molecule is CC1=C[C@@H](n2cc(I)c3c(N)ncnc32)[C@@H]2OC(C)(C)O[C@H]12. The highest BCUT2D eigenvalue weighted by molar-refractivity contribution is 14.1. The number of nitrogens with zero attached hydrogens (tertiary/aromatic N) is 3. The van der Waals surface area contributed by atoms with Gasteiger partial charge in [-0.25, -0.2) is 9.97 Å². The van der Waals surface area contributed by atoms with E-state index in [9.17, 15) is 0 Å². The van der Waals surface area contributed by atoms with Crippen molar-refractivity contribution >= 4 is 39.4 Å². The van der Waals surface area contributed by atoms with Crippen LogP contribution in [0.25, 0.3) is 11.0 Å². The molecule has 2 aromatic rings. The van der Waals surface area contributed by atoms with Crippen molar-refractivity contribution < 1.29 is 9.47 Å². The van der Waals surface area contributed by atoms with E-state index < -0.39 is 5.79 Å². The molecule has 0 saturated carbocycles. The van der Waals surface area contributed by atoms with Crippen LogP contribution in [0, 0.1) is 3.57 Å². The summed E-state index contributed by atoms with van der Waals surface area (Å²) in [4.78, 5) is 8.51. The molecule has 4 rings (SSSR count). The van der Waals surface area contributed by atoms with E-state index in [4.69, 9.17) is 15.2 Å². The van der Waals surface area contributed by atoms with E-state index in [0.717, 1.165) is 14.6 Å². The van der Waals surface area contributed by atoms with Crippen molar-refractivity contribution in [2.45, 2.75) is 44.8 Å². The van der Waals surface area contributed by atoms with Gasteiger partial charge in [0.1, 0.15) is 30.0 Å². The Hall–Kier alpha value is -1.19. The van der Waals surface area contributed by atoms with Crippen LogP contribution >= 0.6 is 22.6 Å². The molecule has 7 heteroatoms. The van der Waals surface area contributed by atoms with Crippen LogP contribution in [0.4, 0.5) is 5.82 Å². The fraction of sp³-hybridized carbons (Fsp3) is 0.467. The molecule has 22 heavy (non-hydrogen) atoms. The molecule has 1 saturated heterocycles. The van der Waals surface area contributed by atoms with E-state index in [1.54, 1.807) is 0 Å². The number of nitrogen functional groups attached to an aromatic ring is 1. The molecule has 1 fully saturated rings. The minimum absolute atomic E-state index is 0.00528. The molecule has 0 aromatic carbocycles. The summed E-state index contributed by atoms with van der Waals surface area (Å²) in [6.07, 6.45) is 5.70. The average molecular weight is 412 g/mol. The standard InChI is InChI=1S/C15H17IN4O2/c1-7-4-9(12-11(7)21-15(2,3)22-12)20-5-8(16)10-13(17)18-6-19-14(10)20/h4-6,9,11-12H,1-3H3,(H2,17,18,19)/t9-,11-,12+/m1/s1. The van der Waals surface area contributed by atoms with Gasteiger partial charge in [0, 0.05) is 9.77 Å². The second kappa shape index (κ2) is 4.65. The molecular weight excluding hydrogens is 395 g/mol. The lowest BCUT2D eigenvalue weighted by molar-refractivity contribution is -0.147. The predicted molar refractivity (Wildman–Crippen MR) is 91.3 cm³/mol. The number of aromatic nitrogens is 3. The Morgan fingerprint density at radius 3 is 2.86 bits per heavy atom. The van der Waals surface area contributed by atoms with Crippen molar-refractivity contribution in [3.8, 4) is 0 Å². The molecule has 0 amide bonds. The van der Waals surface area contributed by atoms with Crippen LogP contribution in [0.15, 0.2) is 24.2 Å². The Morgan fingerprint density at radius 1 is 1.32 bits per heavy atom. The maximum absolute atomic E-state index is 6.13. The fourth-order valence-electron chi connectivity index (χ4n) is 3.38. The molecule has 2 N–H and O–H groups in total. The summed E-state index contributed by atoms with van der Waals surface area (Å²) >= 11 is 2.27. The third-order valence-electron chi connectivity index (χ3n) is 4.26. The normalized spacial score (nSPS) is 29.8. The van der Waals surface area contributed by atoms with Crippen molar-refractivity contribution in [3.63, 3.8) is 0 Å². The molecule has 116 valence electrons. The van der Waals surface area contributed by atoms with Crippen LogP contribution in [0.1, 0.15) is 26.8 Å². The van der Waals surface area contributed by atoms with Gasteiger partial charge < -0.3 is 19.8 Å². The molecule has 6 nitrogen and oxygen atoms in total. The highest BCUT2D eigenvalue weighted by Gasteiger charge is 2.49. The molecule has 2 aliphatic rings. The van der Waals surface area contributed by atoms with Gasteiger partial charge in [0.05, 0.1) is 11.4 Å². The molecule has 0 unspecified atom stereocenters. The summed E-state index contributed by atoms with van der Waals surface area (Å²) in [5.74, 6) is -0.0555. The van der Waals surface area contributed by atoms with Gasteiger partial charge in [-0.2, -0.15) is 0 Å².